The highest BCUT2D eigenvalue weighted by atomic mass is 19.4. The van der Waals surface area contributed by atoms with Crippen LogP contribution in [0.1, 0.15) is 0 Å². The van der Waals surface area contributed by atoms with E-state index in [4.69, 9.17) is 5.11 Å². The smallest absolute Gasteiger partial charge is 0.448 e. The summed E-state index contributed by atoms with van der Waals surface area (Å²) in [6.07, 6.45) is -1.78. The van der Waals surface area contributed by atoms with Crippen molar-refractivity contribution in [1.29, 1.82) is 0 Å². The molecule has 0 aromatic heterocycles. The molecule has 0 aromatic rings. The molecule has 0 saturated carbocycles. The van der Waals surface area contributed by atoms with Crippen molar-refractivity contribution in [2.24, 2.45) is 5.92 Å². The van der Waals surface area contributed by atoms with Crippen LogP contribution in [0.2, 0.25) is 0 Å². The lowest BCUT2D eigenvalue weighted by Crippen LogP contribution is -2.37. The minimum Gasteiger partial charge on any atom is -0.448 e. The second-order valence-electron chi connectivity index (χ2n) is 3.44. The molecule has 0 bridgehead atoms. The summed E-state index contributed by atoms with van der Waals surface area (Å²) < 4.78 is 35.8. The number of halogens is 3. The first-order chi connectivity index (χ1) is 5.92. The van der Waals surface area contributed by atoms with Gasteiger partial charge in [-0.1, -0.05) is 0 Å². The van der Waals surface area contributed by atoms with Crippen LogP contribution in [0.5, 0.6) is 0 Å². The van der Waals surface area contributed by atoms with Crippen LogP contribution in [0.15, 0.2) is 0 Å². The lowest BCUT2D eigenvalue weighted by atomic mass is 9.91. The Morgan fingerprint density at radius 3 is 2.31 bits per heavy atom. The van der Waals surface area contributed by atoms with Gasteiger partial charge in [-0.05, 0) is 6.44 Å². The lowest BCUT2D eigenvalue weighted by Gasteiger charge is -2.22. The molecule has 0 aromatic carbocycles. The van der Waals surface area contributed by atoms with Gasteiger partial charge in [-0.25, -0.2) is 0 Å². The van der Waals surface area contributed by atoms with Crippen LogP contribution in [-0.2, 0) is 0 Å². The predicted octanol–water partition coefficient (Wildman–Crippen LogP) is -0.342. The van der Waals surface area contributed by atoms with Crippen molar-refractivity contribution >= 4 is 6.98 Å². The molecule has 1 saturated heterocycles. The third kappa shape index (κ3) is 3.17. The number of β-amino-alcohol motifs (C(OH)–C–C–N with tert-alkyl or cyclic N) is 1. The molecule has 0 aliphatic carbocycles. The van der Waals surface area contributed by atoms with Gasteiger partial charge < -0.3 is 28.1 Å². The van der Waals surface area contributed by atoms with Gasteiger partial charge in [0, 0.05) is 25.6 Å². The molecule has 2 N–H and O–H groups in total. The molecule has 7 heteroatoms. The average Bonchev–Trinajstić information content (AvgIpc) is 2.26. The molecule has 1 aliphatic rings. The van der Waals surface area contributed by atoms with Crippen LogP contribution in [0.3, 0.4) is 0 Å². The fourth-order valence-electron chi connectivity index (χ4n) is 1.56. The van der Waals surface area contributed by atoms with Gasteiger partial charge in [0.15, 0.2) is 0 Å². The van der Waals surface area contributed by atoms with Crippen molar-refractivity contribution in [3.63, 3.8) is 0 Å². The van der Waals surface area contributed by atoms with Gasteiger partial charge >= 0.3 is 6.98 Å². The van der Waals surface area contributed by atoms with Crippen LogP contribution >= 0.6 is 0 Å². The first-order valence-electron chi connectivity index (χ1n) is 4.14. The van der Waals surface area contributed by atoms with Gasteiger partial charge in [-0.2, -0.15) is 0 Å². The number of rotatable bonds is 3. The maximum Gasteiger partial charge on any atom is 0.492 e. The van der Waals surface area contributed by atoms with Gasteiger partial charge in [0.05, 0.1) is 6.10 Å². The highest BCUT2D eigenvalue weighted by Crippen LogP contribution is 2.19. The number of aliphatic hydroxyl groups is 2. The van der Waals surface area contributed by atoms with Crippen molar-refractivity contribution in [2.75, 3.05) is 26.1 Å². The maximum atomic E-state index is 11.9. The van der Waals surface area contributed by atoms with Crippen molar-refractivity contribution in [1.82, 2.24) is 4.90 Å². The van der Waals surface area contributed by atoms with Gasteiger partial charge in [0.25, 0.3) is 0 Å². The van der Waals surface area contributed by atoms with E-state index in [1.54, 1.807) is 0 Å². The Hall–Kier alpha value is -0.265. The summed E-state index contributed by atoms with van der Waals surface area (Å²) in [6.45, 7) is -4.96. The van der Waals surface area contributed by atoms with Crippen molar-refractivity contribution in [2.45, 2.75) is 6.10 Å². The van der Waals surface area contributed by atoms with Crippen LogP contribution < -0.4 is 0 Å². The van der Waals surface area contributed by atoms with E-state index < -0.39 is 25.4 Å². The standard InChI is InChI=1S/C6H12BF3NO2/c8-7(9,10)4-11-1-5(3-12)6(13)2-11/h5-6,12-13H,1-4H2/q-1. The molecule has 1 fully saturated rings. The second kappa shape index (κ2) is 3.85. The molecule has 1 rings (SSSR count). The molecular weight excluding hydrogens is 186 g/mol. The minimum atomic E-state index is -4.83. The van der Waals surface area contributed by atoms with Gasteiger partial charge in [0.2, 0.25) is 0 Å². The molecule has 2 unspecified atom stereocenters. The minimum absolute atomic E-state index is 0.00644. The fourth-order valence-corrected chi connectivity index (χ4v) is 1.56. The summed E-state index contributed by atoms with van der Waals surface area (Å²) in [5, 5.41) is 17.9. The SMILES string of the molecule is OCC1CN(C[B-](F)(F)F)CC1O. The lowest BCUT2D eigenvalue weighted by molar-refractivity contribution is 0.103. The summed E-state index contributed by atoms with van der Waals surface area (Å²) in [5.74, 6) is -0.432. The van der Waals surface area contributed by atoms with Gasteiger partial charge in [-0.15, -0.1) is 0 Å². The van der Waals surface area contributed by atoms with E-state index in [-0.39, 0.29) is 19.7 Å². The van der Waals surface area contributed by atoms with E-state index in [9.17, 15) is 18.1 Å². The molecule has 1 aliphatic heterocycles. The molecule has 1 heterocycles. The second-order valence-corrected chi connectivity index (χ2v) is 3.44. The van der Waals surface area contributed by atoms with Crippen LogP contribution in [-0.4, -0.2) is 54.3 Å². The van der Waals surface area contributed by atoms with Gasteiger partial charge in [-0.3, -0.25) is 0 Å². The van der Waals surface area contributed by atoms with E-state index in [1.807, 2.05) is 0 Å². The molecule has 0 radical (unpaired) electrons. The van der Waals surface area contributed by atoms with Crippen molar-refractivity contribution < 1.29 is 23.2 Å². The Bertz CT molecular complexity index is 178. The first-order valence-corrected chi connectivity index (χ1v) is 4.14. The Labute approximate surface area is 74.2 Å². The summed E-state index contributed by atoms with van der Waals surface area (Å²) in [6, 6.07) is 0. The number of nitrogens with zero attached hydrogens (tertiary/aromatic N) is 1. The fraction of sp³-hybridized carbons (Fsp3) is 1.00. The molecule has 13 heavy (non-hydrogen) atoms. The Morgan fingerprint density at radius 2 is 1.92 bits per heavy atom. The zero-order valence-electron chi connectivity index (χ0n) is 7.04. The van der Waals surface area contributed by atoms with Crippen molar-refractivity contribution in [3.8, 4) is 0 Å². The summed E-state index contributed by atoms with van der Waals surface area (Å²) in [4.78, 5) is 1.13. The summed E-state index contributed by atoms with van der Waals surface area (Å²) >= 11 is 0. The average molecular weight is 198 g/mol. The van der Waals surface area contributed by atoms with E-state index in [0.29, 0.717) is 0 Å². The summed E-state index contributed by atoms with van der Waals surface area (Å²) in [7, 11) is 0. The maximum absolute atomic E-state index is 11.9. The molecule has 0 spiro atoms. The third-order valence-electron chi connectivity index (χ3n) is 2.18. The van der Waals surface area contributed by atoms with E-state index in [1.165, 1.54) is 0 Å². The molecular formula is C6H12BF3NO2-. The van der Waals surface area contributed by atoms with Crippen LogP contribution in [0.25, 0.3) is 0 Å². The first kappa shape index (κ1) is 10.8. The number of hydrogen-bond donors (Lipinski definition) is 2. The zero-order valence-corrected chi connectivity index (χ0v) is 7.04. The summed E-state index contributed by atoms with van der Waals surface area (Å²) in [5.41, 5.74) is 0. The topological polar surface area (TPSA) is 43.7 Å². The number of aliphatic hydroxyl groups excluding tert-OH is 2. The number of hydrogen-bond acceptors (Lipinski definition) is 3. The molecule has 2 atom stereocenters. The highest BCUT2D eigenvalue weighted by Gasteiger charge is 2.35. The van der Waals surface area contributed by atoms with Crippen LogP contribution in [0.4, 0.5) is 12.9 Å². The van der Waals surface area contributed by atoms with Crippen LogP contribution in [0, 0.1) is 5.92 Å². The van der Waals surface area contributed by atoms with E-state index >= 15 is 0 Å². The molecule has 3 nitrogen and oxygen atoms in total. The van der Waals surface area contributed by atoms with E-state index in [2.05, 4.69) is 0 Å². The Balaban J connectivity index is 2.40. The molecule has 78 valence electrons. The van der Waals surface area contributed by atoms with Gasteiger partial charge in [0.1, 0.15) is 0 Å². The Kier molecular flexibility index (Phi) is 3.20. The normalized spacial score (nSPS) is 31.2. The zero-order chi connectivity index (χ0) is 10.1. The number of likely N-dealkylation sites (tertiary alicyclic amines) is 1. The quantitative estimate of drug-likeness (QED) is 0.609. The predicted molar refractivity (Wildman–Crippen MR) is 42.1 cm³/mol. The van der Waals surface area contributed by atoms with E-state index in [0.717, 1.165) is 4.90 Å². The largest absolute Gasteiger partial charge is 0.492 e. The molecule has 0 amide bonds. The monoisotopic (exact) mass is 198 g/mol. The third-order valence-corrected chi connectivity index (χ3v) is 2.18. The Morgan fingerprint density at radius 1 is 1.31 bits per heavy atom. The van der Waals surface area contributed by atoms with Crippen molar-refractivity contribution in [3.05, 3.63) is 0 Å². The highest BCUT2D eigenvalue weighted by molar-refractivity contribution is 6.58.